The number of hydrogen-bond donors (Lipinski definition) is 0. The van der Waals surface area contributed by atoms with Crippen LogP contribution in [0.3, 0.4) is 0 Å². The smallest absolute Gasteiger partial charge is 0.435 e. The molecular formula is C20H19F4N3O2. The lowest BCUT2D eigenvalue weighted by Gasteiger charge is -2.24. The van der Waals surface area contributed by atoms with Crippen LogP contribution in [0.5, 0.6) is 5.75 Å². The molecule has 1 aromatic carbocycles. The van der Waals surface area contributed by atoms with E-state index in [1.54, 1.807) is 4.57 Å². The van der Waals surface area contributed by atoms with Gasteiger partial charge in [-0.05, 0) is 25.0 Å². The van der Waals surface area contributed by atoms with Gasteiger partial charge in [0.15, 0.2) is 17.3 Å². The van der Waals surface area contributed by atoms with Crippen molar-refractivity contribution in [3.8, 4) is 5.75 Å². The molecule has 0 saturated carbocycles. The minimum Gasteiger partial charge on any atom is -0.494 e. The van der Waals surface area contributed by atoms with Gasteiger partial charge in [0.2, 0.25) is 0 Å². The first-order chi connectivity index (χ1) is 13.9. The lowest BCUT2D eigenvalue weighted by Crippen LogP contribution is -2.35. The van der Waals surface area contributed by atoms with Gasteiger partial charge in [-0.3, -0.25) is 4.90 Å². The molecule has 154 valence electrons. The van der Waals surface area contributed by atoms with Gasteiger partial charge in [0, 0.05) is 42.7 Å². The minimum absolute atomic E-state index is 0.00774. The number of pyridine rings is 1. The van der Waals surface area contributed by atoms with Crippen LogP contribution in [-0.4, -0.2) is 47.0 Å². The summed E-state index contributed by atoms with van der Waals surface area (Å²) in [5.41, 5.74) is -0.514. The number of hydrogen-bond acceptors (Lipinski definition) is 4. The van der Waals surface area contributed by atoms with Crippen molar-refractivity contribution >= 4 is 21.8 Å². The van der Waals surface area contributed by atoms with Crippen molar-refractivity contribution < 1.29 is 27.0 Å². The molecule has 2 bridgehead atoms. The number of aromatic nitrogens is 2. The third kappa shape index (κ3) is 2.95. The van der Waals surface area contributed by atoms with Crippen LogP contribution in [0.4, 0.5) is 17.6 Å². The Bertz CT molecular complexity index is 1090. The average molecular weight is 409 g/mol. The summed E-state index contributed by atoms with van der Waals surface area (Å²) in [6, 6.07) is 4.18. The third-order valence-corrected chi connectivity index (χ3v) is 5.86. The van der Waals surface area contributed by atoms with E-state index in [-0.39, 0.29) is 23.6 Å². The van der Waals surface area contributed by atoms with E-state index in [0.29, 0.717) is 29.4 Å². The highest BCUT2D eigenvalue weighted by Gasteiger charge is 2.39. The molecule has 3 aromatic rings. The van der Waals surface area contributed by atoms with Crippen LogP contribution in [0, 0.1) is 5.82 Å². The Morgan fingerprint density at radius 3 is 2.69 bits per heavy atom. The van der Waals surface area contributed by atoms with Crippen molar-refractivity contribution in [2.45, 2.75) is 37.9 Å². The molecule has 5 nitrogen and oxygen atoms in total. The van der Waals surface area contributed by atoms with E-state index in [9.17, 15) is 17.6 Å². The molecule has 2 aliphatic rings. The molecule has 2 fully saturated rings. The average Bonchev–Trinajstić information content (AvgIpc) is 3.38. The quantitative estimate of drug-likeness (QED) is 0.607. The number of nitrogens with zero attached hydrogens (tertiary/aromatic N) is 3. The van der Waals surface area contributed by atoms with Crippen LogP contribution in [0.15, 0.2) is 24.4 Å². The molecule has 5 rings (SSSR count). The summed E-state index contributed by atoms with van der Waals surface area (Å²) >= 11 is 0. The van der Waals surface area contributed by atoms with Crippen LogP contribution in [-0.2, 0) is 17.5 Å². The van der Waals surface area contributed by atoms with Crippen molar-refractivity contribution in [1.29, 1.82) is 0 Å². The zero-order valence-electron chi connectivity index (χ0n) is 15.7. The van der Waals surface area contributed by atoms with Gasteiger partial charge in [0.1, 0.15) is 6.23 Å². The minimum atomic E-state index is -4.62. The lowest BCUT2D eigenvalue weighted by molar-refractivity contribution is -0.140. The molecule has 2 aliphatic heterocycles. The maximum Gasteiger partial charge on any atom is 0.435 e. The molecule has 2 saturated heterocycles. The Labute approximate surface area is 163 Å². The summed E-state index contributed by atoms with van der Waals surface area (Å²) in [6.07, 6.45) is -1.31. The molecule has 0 N–H and O–H groups in total. The number of piperidine rings is 1. The standard InChI is InChI=1S/C20H19F4N3O2/c1-28-16-9-15-13(8-14(16)21)12-4-5-25-19(20(22,23)24)18(12)27(15)7-6-26-10-11-2-3-17(26)29-11/h4-5,8-9,11,17H,2-3,6-7,10H2,1H3. The number of halogens is 4. The first-order valence-corrected chi connectivity index (χ1v) is 9.48. The number of methoxy groups -OCH3 is 1. The highest BCUT2D eigenvalue weighted by molar-refractivity contribution is 6.09. The molecule has 4 heterocycles. The zero-order chi connectivity index (χ0) is 20.3. The number of ether oxygens (including phenoxy) is 2. The fourth-order valence-corrected chi connectivity index (χ4v) is 4.58. The van der Waals surface area contributed by atoms with Gasteiger partial charge in [-0.1, -0.05) is 0 Å². The highest BCUT2D eigenvalue weighted by atomic mass is 19.4. The van der Waals surface area contributed by atoms with Gasteiger partial charge >= 0.3 is 6.18 Å². The third-order valence-electron chi connectivity index (χ3n) is 5.86. The first kappa shape index (κ1) is 18.6. The van der Waals surface area contributed by atoms with Gasteiger partial charge in [0.05, 0.1) is 24.2 Å². The Hall–Kier alpha value is -2.39. The van der Waals surface area contributed by atoms with Crippen LogP contribution in [0.25, 0.3) is 21.8 Å². The van der Waals surface area contributed by atoms with Crippen LogP contribution >= 0.6 is 0 Å². The molecule has 2 aromatic heterocycles. The Balaban J connectivity index is 1.67. The lowest BCUT2D eigenvalue weighted by atomic mass is 10.1. The Morgan fingerprint density at radius 1 is 1.21 bits per heavy atom. The maximum absolute atomic E-state index is 14.3. The van der Waals surface area contributed by atoms with E-state index in [4.69, 9.17) is 9.47 Å². The topological polar surface area (TPSA) is 39.5 Å². The Morgan fingerprint density at radius 2 is 2.03 bits per heavy atom. The molecule has 0 amide bonds. The second-order valence-corrected chi connectivity index (χ2v) is 7.49. The van der Waals surface area contributed by atoms with Gasteiger partial charge in [-0.25, -0.2) is 9.37 Å². The van der Waals surface area contributed by atoms with Crippen LogP contribution < -0.4 is 4.74 Å². The van der Waals surface area contributed by atoms with Crippen molar-refractivity contribution in [2.24, 2.45) is 0 Å². The van der Waals surface area contributed by atoms with Crippen LogP contribution in [0.2, 0.25) is 0 Å². The molecule has 0 spiro atoms. The zero-order valence-corrected chi connectivity index (χ0v) is 15.7. The fraction of sp³-hybridized carbons (Fsp3) is 0.450. The molecule has 2 atom stereocenters. The van der Waals surface area contributed by atoms with Gasteiger partial charge in [-0.15, -0.1) is 0 Å². The second kappa shape index (κ2) is 6.56. The molecule has 9 heteroatoms. The summed E-state index contributed by atoms with van der Waals surface area (Å²) in [5.74, 6) is -0.624. The van der Waals surface area contributed by atoms with E-state index >= 15 is 0 Å². The number of rotatable bonds is 4. The monoisotopic (exact) mass is 409 g/mol. The molecule has 0 radical (unpaired) electrons. The van der Waals surface area contributed by atoms with Crippen molar-refractivity contribution in [3.63, 3.8) is 0 Å². The number of fused-ring (bicyclic) bond motifs is 5. The highest BCUT2D eigenvalue weighted by Crippen LogP contribution is 2.39. The molecule has 29 heavy (non-hydrogen) atoms. The van der Waals surface area contributed by atoms with E-state index < -0.39 is 17.7 Å². The number of alkyl halides is 3. The second-order valence-electron chi connectivity index (χ2n) is 7.49. The predicted octanol–water partition coefficient (Wildman–Crippen LogP) is 4.18. The van der Waals surface area contributed by atoms with Crippen LogP contribution in [0.1, 0.15) is 18.5 Å². The molecule has 2 unspecified atom stereocenters. The first-order valence-electron chi connectivity index (χ1n) is 9.48. The summed E-state index contributed by atoms with van der Waals surface area (Å²) in [5, 5.41) is 0.730. The number of benzene rings is 1. The maximum atomic E-state index is 14.3. The summed E-state index contributed by atoms with van der Waals surface area (Å²) in [4.78, 5) is 5.76. The Kier molecular flexibility index (Phi) is 4.22. The molecule has 0 aliphatic carbocycles. The summed E-state index contributed by atoms with van der Waals surface area (Å²) in [6.45, 7) is 1.62. The van der Waals surface area contributed by atoms with Crippen molar-refractivity contribution in [3.05, 3.63) is 35.9 Å². The SMILES string of the molecule is COc1cc2c(cc1F)c1ccnc(C(F)(F)F)c1n2CCN1CC2CCC1O2. The van der Waals surface area contributed by atoms with Gasteiger partial charge in [0.25, 0.3) is 0 Å². The van der Waals surface area contributed by atoms with E-state index in [0.717, 1.165) is 25.6 Å². The predicted molar refractivity (Wildman–Crippen MR) is 98.2 cm³/mol. The van der Waals surface area contributed by atoms with E-state index in [2.05, 4.69) is 9.88 Å². The molecular weight excluding hydrogens is 390 g/mol. The fourth-order valence-electron chi connectivity index (χ4n) is 4.58. The van der Waals surface area contributed by atoms with Gasteiger partial charge < -0.3 is 14.0 Å². The van der Waals surface area contributed by atoms with Crippen molar-refractivity contribution in [1.82, 2.24) is 14.5 Å². The van der Waals surface area contributed by atoms with Crippen molar-refractivity contribution in [2.75, 3.05) is 20.2 Å². The van der Waals surface area contributed by atoms with Gasteiger partial charge in [-0.2, -0.15) is 13.2 Å². The summed E-state index contributed by atoms with van der Waals surface area (Å²) in [7, 11) is 1.33. The largest absolute Gasteiger partial charge is 0.494 e. The number of likely N-dealkylation sites (tertiary alicyclic amines) is 1. The van der Waals surface area contributed by atoms with E-state index in [1.807, 2.05) is 0 Å². The normalized spacial score (nSPS) is 22.2. The summed E-state index contributed by atoms with van der Waals surface area (Å²) < 4.78 is 67.9. The van der Waals surface area contributed by atoms with E-state index in [1.165, 1.54) is 25.3 Å².